The maximum atomic E-state index is 14.7. The lowest BCUT2D eigenvalue weighted by Gasteiger charge is -2.43. The van der Waals surface area contributed by atoms with Crippen LogP contribution in [0.1, 0.15) is 43.6 Å². The first-order valence-corrected chi connectivity index (χ1v) is 9.16. The molecule has 0 amide bonds. The number of benzene rings is 2. The third kappa shape index (κ3) is 3.14. The first-order chi connectivity index (χ1) is 12.8. The molecule has 0 fully saturated rings. The quantitative estimate of drug-likeness (QED) is 0.659. The van der Waals surface area contributed by atoms with Crippen LogP contribution in [0.4, 0.5) is 13.2 Å². The number of nitrogens with one attached hydrogen (secondary N) is 1. The van der Waals surface area contributed by atoms with Crippen molar-refractivity contribution in [1.29, 1.82) is 0 Å². The van der Waals surface area contributed by atoms with E-state index in [0.717, 1.165) is 22.2 Å². The molecular formula is C22H22F3N2. The molecule has 0 saturated carbocycles. The molecule has 2 aromatic carbocycles. The molecule has 1 N–H and O–H groups in total. The zero-order chi connectivity index (χ0) is 19.3. The van der Waals surface area contributed by atoms with Gasteiger partial charge in [-0.1, -0.05) is 18.2 Å². The highest BCUT2D eigenvalue weighted by molar-refractivity contribution is 5.85. The Kier molecular flexibility index (Phi) is 4.30. The Labute approximate surface area is 157 Å². The van der Waals surface area contributed by atoms with Gasteiger partial charge in [0.1, 0.15) is 17.3 Å². The van der Waals surface area contributed by atoms with Gasteiger partial charge in [0.2, 0.25) is 0 Å². The van der Waals surface area contributed by atoms with Crippen molar-refractivity contribution in [2.24, 2.45) is 0 Å². The van der Waals surface area contributed by atoms with Gasteiger partial charge in [-0.15, -0.1) is 0 Å². The summed E-state index contributed by atoms with van der Waals surface area (Å²) in [5.74, 6) is -1.38. The number of halogens is 3. The summed E-state index contributed by atoms with van der Waals surface area (Å²) < 4.78 is 44.0. The summed E-state index contributed by atoms with van der Waals surface area (Å²) in [4.78, 5) is 5.20. The van der Waals surface area contributed by atoms with E-state index in [1.165, 1.54) is 26.0 Å². The Morgan fingerprint density at radius 1 is 1.22 bits per heavy atom. The van der Waals surface area contributed by atoms with E-state index in [-0.39, 0.29) is 18.2 Å². The molecule has 2 heterocycles. The number of fused-ring (bicyclic) bond motifs is 3. The Morgan fingerprint density at radius 3 is 2.67 bits per heavy atom. The Balaban J connectivity index is 1.97. The number of aromatic amines is 1. The molecule has 141 valence electrons. The van der Waals surface area contributed by atoms with Crippen LogP contribution in [0.15, 0.2) is 36.4 Å². The predicted octanol–water partition coefficient (Wildman–Crippen LogP) is 5.33. The Hall–Kier alpha value is -2.27. The summed E-state index contributed by atoms with van der Waals surface area (Å²) in [6, 6.07) is 11.9. The van der Waals surface area contributed by atoms with Crippen molar-refractivity contribution in [1.82, 2.24) is 9.88 Å². The Morgan fingerprint density at radius 2 is 1.96 bits per heavy atom. The van der Waals surface area contributed by atoms with Crippen LogP contribution in [0, 0.1) is 17.7 Å². The standard InChI is InChI=1S/C22H22F3N2/c1-13-11-15-14-7-4-5-10-18(14)26-20(15)21(27(13)12-22(2,3)25)19-16(23)8-6-9-17(19)24/h4-8,10,13,21,26H,11-12H2,1-3H3/t13-,21-/m1/s1. The molecule has 0 spiro atoms. The predicted molar refractivity (Wildman–Crippen MR) is 100 cm³/mol. The first-order valence-electron chi connectivity index (χ1n) is 9.16. The number of rotatable bonds is 3. The van der Waals surface area contributed by atoms with E-state index in [9.17, 15) is 13.2 Å². The number of alkyl halides is 1. The molecule has 0 saturated heterocycles. The number of hydrogen-bond donors (Lipinski definition) is 1. The highest BCUT2D eigenvalue weighted by atomic mass is 19.1. The molecule has 27 heavy (non-hydrogen) atoms. The maximum Gasteiger partial charge on any atom is 0.139 e. The summed E-state index contributed by atoms with van der Waals surface area (Å²) in [6.45, 7) is 5.02. The summed E-state index contributed by atoms with van der Waals surface area (Å²) in [5.41, 5.74) is 1.11. The fraction of sp³-hybridized carbons (Fsp3) is 0.364. The summed E-state index contributed by atoms with van der Waals surface area (Å²) in [5, 5.41) is 1.05. The van der Waals surface area contributed by atoms with Crippen LogP contribution in [0.3, 0.4) is 0 Å². The maximum absolute atomic E-state index is 14.7. The van der Waals surface area contributed by atoms with Gasteiger partial charge in [0, 0.05) is 40.8 Å². The largest absolute Gasteiger partial charge is 0.357 e. The SMILES string of the molecule is C[C@@H]1Cc2c([nH]c3ccccc23)[C@@H](c2c(F)[c]ccc2F)N1CC(C)(C)F. The minimum atomic E-state index is -1.50. The van der Waals surface area contributed by atoms with Crippen LogP contribution in [0.2, 0.25) is 0 Å². The molecule has 0 bridgehead atoms. The molecule has 1 aliphatic heterocycles. The molecule has 1 aromatic heterocycles. The van der Waals surface area contributed by atoms with Crippen molar-refractivity contribution < 1.29 is 13.2 Å². The van der Waals surface area contributed by atoms with Gasteiger partial charge in [0.05, 0.1) is 6.04 Å². The van der Waals surface area contributed by atoms with Crippen LogP contribution in [-0.4, -0.2) is 28.1 Å². The smallest absolute Gasteiger partial charge is 0.139 e. The number of para-hydroxylation sites is 1. The highest BCUT2D eigenvalue weighted by Gasteiger charge is 2.40. The van der Waals surface area contributed by atoms with Crippen LogP contribution >= 0.6 is 0 Å². The normalized spacial score (nSPS) is 20.8. The van der Waals surface area contributed by atoms with Gasteiger partial charge in [0.15, 0.2) is 0 Å². The zero-order valence-corrected chi connectivity index (χ0v) is 15.6. The van der Waals surface area contributed by atoms with Crippen molar-refractivity contribution in [3.63, 3.8) is 0 Å². The van der Waals surface area contributed by atoms with Crippen molar-refractivity contribution in [3.05, 3.63) is 70.9 Å². The van der Waals surface area contributed by atoms with Gasteiger partial charge < -0.3 is 4.98 Å². The number of H-pyrrole nitrogens is 1. The van der Waals surface area contributed by atoms with Crippen molar-refractivity contribution >= 4 is 10.9 Å². The van der Waals surface area contributed by atoms with Gasteiger partial charge >= 0.3 is 0 Å². The van der Waals surface area contributed by atoms with Crippen molar-refractivity contribution in [2.75, 3.05) is 6.54 Å². The monoisotopic (exact) mass is 371 g/mol. The summed E-state index contributed by atoms with van der Waals surface area (Å²) in [6.07, 6.45) is 0.686. The van der Waals surface area contributed by atoms with E-state index in [1.807, 2.05) is 36.1 Å². The third-order valence-corrected chi connectivity index (χ3v) is 5.28. The summed E-state index contributed by atoms with van der Waals surface area (Å²) in [7, 11) is 0. The second kappa shape index (κ2) is 6.41. The van der Waals surface area contributed by atoms with E-state index in [4.69, 9.17) is 0 Å². The molecule has 0 aliphatic carbocycles. The number of nitrogens with zero attached hydrogens (tertiary/aromatic N) is 1. The molecule has 3 aromatic rings. The van der Waals surface area contributed by atoms with Gasteiger partial charge in [-0.05, 0) is 51.0 Å². The average molecular weight is 371 g/mol. The highest BCUT2D eigenvalue weighted by Crippen LogP contribution is 2.42. The zero-order valence-electron chi connectivity index (χ0n) is 15.6. The van der Waals surface area contributed by atoms with Gasteiger partial charge in [-0.2, -0.15) is 0 Å². The molecule has 1 radical (unpaired) electrons. The molecule has 5 heteroatoms. The van der Waals surface area contributed by atoms with Crippen molar-refractivity contribution in [2.45, 2.75) is 44.9 Å². The fourth-order valence-corrected chi connectivity index (χ4v) is 4.21. The van der Waals surface area contributed by atoms with E-state index in [2.05, 4.69) is 11.1 Å². The average Bonchev–Trinajstić information content (AvgIpc) is 2.94. The first kappa shape index (κ1) is 18.1. The minimum Gasteiger partial charge on any atom is -0.357 e. The van der Waals surface area contributed by atoms with E-state index in [0.29, 0.717) is 6.42 Å². The minimum absolute atomic E-state index is 0.0708. The number of hydrogen-bond acceptors (Lipinski definition) is 1. The third-order valence-electron chi connectivity index (χ3n) is 5.28. The fourth-order valence-electron chi connectivity index (χ4n) is 4.21. The molecule has 2 nitrogen and oxygen atoms in total. The van der Waals surface area contributed by atoms with Crippen LogP contribution in [-0.2, 0) is 6.42 Å². The van der Waals surface area contributed by atoms with Gasteiger partial charge in [0.25, 0.3) is 0 Å². The lowest BCUT2D eigenvalue weighted by molar-refractivity contribution is 0.0642. The number of aromatic nitrogens is 1. The lowest BCUT2D eigenvalue weighted by Crippen LogP contribution is -2.48. The molecule has 0 unspecified atom stereocenters. The van der Waals surface area contributed by atoms with Crippen molar-refractivity contribution in [3.8, 4) is 0 Å². The Bertz CT molecular complexity index is 967. The van der Waals surface area contributed by atoms with E-state index in [1.54, 1.807) is 0 Å². The van der Waals surface area contributed by atoms with E-state index >= 15 is 0 Å². The van der Waals surface area contributed by atoms with Gasteiger partial charge in [-0.3, -0.25) is 4.90 Å². The lowest BCUT2D eigenvalue weighted by atomic mass is 9.87. The molecule has 1 aliphatic rings. The molecule has 2 atom stereocenters. The van der Waals surface area contributed by atoms with E-state index < -0.39 is 23.3 Å². The molecule has 4 rings (SSSR count). The van der Waals surface area contributed by atoms with Crippen LogP contribution < -0.4 is 0 Å². The van der Waals surface area contributed by atoms with Crippen LogP contribution in [0.5, 0.6) is 0 Å². The molecular weight excluding hydrogens is 349 g/mol. The topological polar surface area (TPSA) is 19.0 Å². The summed E-state index contributed by atoms with van der Waals surface area (Å²) >= 11 is 0. The second-order valence-electron chi connectivity index (χ2n) is 7.96. The van der Waals surface area contributed by atoms with Gasteiger partial charge in [-0.25, -0.2) is 13.2 Å². The van der Waals surface area contributed by atoms with Crippen LogP contribution in [0.25, 0.3) is 10.9 Å². The second-order valence-corrected chi connectivity index (χ2v) is 7.96.